The van der Waals surface area contributed by atoms with E-state index in [0.717, 1.165) is 24.7 Å². The van der Waals surface area contributed by atoms with Crippen molar-refractivity contribution in [2.24, 2.45) is 28.1 Å². The highest BCUT2D eigenvalue weighted by Crippen LogP contribution is 2.71. The quantitative estimate of drug-likeness (QED) is 0.573. The summed E-state index contributed by atoms with van der Waals surface area (Å²) in [6.45, 7) is 9.96. The first-order valence-corrected chi connectivity index (χ1v) is 9.88. The van der Waals surface area contributed by atoms with E-state index in [1.54, 1.807) is 11.1 Å². The molecule has 4 aliphatic rings. The van der Waals surface area contributed by atoms with E-state index in [9.17, 15) is 5.11 Å². The summed E-state index contributed by atoms with van der Waals surface area (Å²) in [6.07, 6.45) is 14.7. The molecule has 0 spiro atoms. The molecule has 0 saturated heterocycles. The molecule has 128 valence electrons. The van der Waals surface area contributed by atoms with Crippen molar-refractivity contribution in [3.8, 4) is 0 Å². The van der Waals surface area contributed by atoms with Gasteiger partial charge in [-0.1, -0.05) is 44.1 Å². The van der Waals surface area contributed by atoms with Gasteiger partial charge in [0.15, 0.2) is 0 Å². The first-order valence-electron chi connectivity index (χ1n) is 9.88. The number of hydrogen-bond donors (Lipinski definition) is 1. The summed E-state index contributed by atoms with van der Waals surface area (Å²) in [7, 11) is 0. The van der Waals surface area contributed by atoms with Crippen molar-refractivity contribution in [2.75, 3.05) is 0 Å². The van der Waals surface area contributed by atoms with Gasteiger partial charge in [0.2, 0.25) is 0 Å². The highest BCUT2D eigenvalue weighted by Gasteiger charge is 2.62. The van der Waals surface area contributed by atoms with Gasteiger partial charge in [0.25, 0.3) is 0 Å². The summed E-state index contributed by atoms with van der Waals surface area (Å²) >= 11 is 0. The lowest BCUT2D eigenvalue weighted by Crippen LogP contribution is -2.54. The Morgan fingerprint density at radius 2 is 1.87 bits per heavy atom. The molecule has 0 aromatic rings. The van der Waals surface area contributed by atoms with Gasteiger partial charge in [-0.3, -0.25) is 0 Å². The van der Waals surface area contributed by atoms with Crippen LogP contribution in [0.25, 0.3) is 0 Å². The van der Waals surface area contributed by atoms with Crippen molar-refractivity contribution in [1.82, 2.24) is 0 Å². The summed E-state index contributed by atoms with van der Waals surface area (Å²) in [5.41, 5.74) is 4.59. The standard InChI is InChI=1S/C22H34O/c1-5-15-8-12-22(4)19-7-6-16-14-17(23)9-11-20(16,2)18(19)10-13-21(15,22)3/h5-6,17-19,23H,7-14H2,1-4H3/b15-5+/t17-,18?,19?,20-,21+,22-/m0/s1. The Balaban J connectivity index is 1.75. The van der Waals surface area contributed by atoms with Crippen LogP contribution >= 0.6 is 0 Å². The zero-order chi connectivity index (χ0) is 16.5. The number of hydrogen-bond acceptors (Lipinski definition) is 1. The summed E-state index contributed by atoms with van der Waals surface area (Å²) in [6, 6.07) is 0. The van der Waals surface area contributed by atoms with E-state index in [0.29, 0.717) is 16.2 Å². The number of rotatable bonds is 0. The summed E-state index contributed by atoms with van der Waals surface area (Å²) in [5, 5.41) is 10.1. The fraction of sp³-hybridized carbons (Fsp3) is 0.818. The first kappa shape index (κ1) is 15.9. The van der Waals surface area contributed by atoms with E-state index in [4.69, 9.17) is 0 Å². The third-order valence-corrected chi connectivity index (χ3v) is 9.11. The van der Waals surface area contributed by atoms with Crippen molar-refractivity contribution >= 4 is 0 Å². The smallest absolute Gasteiger partial charge is 0.0577 e. The largest absolute Gasteiger partial charge is 0.393 e. The Bertz CT molecular complexity index is 573. The van der Waals surface area contributed by atoms with E-state index >= 15 is 0 Å². The maximum absolute atomic E-state index is 10.1. The van der Waals surface area contributed by atoms with Gasteiger partial charge in [0.05, 0.1) is 6.10 Å². The summed E-state index contributed by atoms with van der Waals surface area (Å²) in [5.74, 6) is 1.67. The van der Waals surface area contributed by atoms with Crippen molar-refractivity contribution in [3.63, 3.8) is 0 Å². The minimum Gasteiger partial charge on any atom is -0.393 e. The van der Waals surface area contributed by atoms with E-state index in [-0.39, 0.29) is 6.10 Å². The Morgan fingerprint density at radius 1 is 1.09 bits per heavy atom. The van der Waals surface area contributed by atoms with Crippen LogP contribution < -0.4 is 0 Å². The average Bonchev–Trinajstić information content (AvgIpc) is 2.79. The molecule has 0 aromatic heterocycles. The lowest BCUT2D eigenvalue weighted by Gasteiger charge is -2.61. The maximum Gasteiger partial charge on any atom is 0.0577 e. The van der Waals surface area contributed by atoms with Crippen LogP contribution in [0.4, 0.5) is 0 Å². The third-order valence-electron chi connectivity index (χ3n) is 9.11. The van der Waals surface area contributed by atoms with Gasteiger partial charge < -0.3 is 5.11 Å². The highest BCUT2D eigenvalue weighted by molar-refractivity contribution is 5.31. The van der Waals surface area contributed by atoms with E-state index < -0.39 is 0 Å². The van der Waals surface area contributed by atoms with E-state index in [2.05, 4.69) is 39.8 Å². The summed E-state index contributed by atoms with van der Waals surface area (Å²) < 4.78 is 0. The molecule has 0 aromatic carbocycles. The van der Waals surface area contributed by atoms with Crippen molar-refractivity contribution in [3.05, 3.63) is 23.3 Å². The zero-order valence-electron chi connectivity index (χ0n) is 15.5. The molecule has 0 amide bonds. The van der Waals surface area contributed by atoms with Gasteiger partial charge in [-0.25, -0.2) is 0 Å². The van der Waals surface area contributed by atoms with E-state index in [1.165, 1.54) is 38.5 Å². The van der Waals surface area contributed by atoms with Gasteiger partial charge in [-0.15, -0.1) is 0 Å². The van der Waals surface area contributed by atoms with Crippen LogP contribution in [0.15, 0.2) is 23.3 Å². The van der Waals surface area contributed by atoms with Crippen LogP contribution in [-0.4, -0.2) is 11.2 Å². The van der Waals surface area contributed by atoms with Gasteiger partial charge >= 0.3 is 0 Å². The van der Waals surface area contributed by atoms with Crippen molar-refractivity contribution in [2.45, 2.75) is 85.2 Å². The molecular formula is C22H34O. The monoisotopic (exact) mass is 314 g/mol. The maximum atomic E-state index is 10.1. The molecular weight excluding hydrogens is 280 g/mol. The second kappa shape index (κ2) is 4.97. The topological polar surface area (TPSA) is 20.2 Å². The van der Waals surface area contributed by atoms with Crippen molar-refractivity contribution < 1.29 is 5.11 Å². The normalized spacial score (nSPS) is 54.2. The van der Waals surface area contributed by atoms with Crippen LogP contribution in [0.2, 0.25) is 0 Å². The fourth-order valence-electron chi connectivity index (χ4n) is 7.32. The molecule has 6 atom stereocenters. The Morgan fingerprint density at radius 3 is 2.61 bits per heavy atom. The SMILES string of the molecule is C/C=C1\CC[C@@]2(C)C3CC=C4C[C@@H](O)CC[C@]4(C)C3CC[C@]12C. The molecule has 0 aliphatic heterocycles. The molecule has 3 saturated carbocycles. The van der Waals surface area contributed by atoms with Gasteiger partial charge in [-0.05, 0) is 86.4 Å². The number of aliphatic hydroxyl groups excluding tert-OH is 1. The lowest BCUT2D eigenvalue weighted by molar-refractivity contribution is -0.0822. The Kier molecular flexibility index (Phi) is 3.45. The minimum atomic E-state index is -0.0866. The van der Waals surface area contributed by atoms with Crippen LogP contribution in [0.3, 0.4) is 0 Å². The van der Waals surface area contributed by atoms with Crippen LogP contribution in [0, 0.1) is 28.1 Å². The van der Waals surface area contributed by atoms with Crippen LogP contribution in [0.5, 0.6) is 0 Å². The third kappa shape index (κ3) is 1.89. The molecule has 4 rings (SSSR count). The number of aliphatic hydroxyl groups is 1. The number of allylic oxidation sites excluding steroid dienone is 3. The molecule has 0 radical (unpaired) electrons. The fourth-order valence-corrected chi connectivity index (χ4v) is 7.32. The second-order valence-electron chi connectivity index (χ2n) is 9.59. The predicted octanol–water partition coefficient (Wildman–Crippen LogP) is 5.65. The van der Waals surface area contributed by atoms with Crippen LogP contribution in [0.1, 0.15) is 79.1 Å². The number of fused-ring (bicyclic) bond motifs is 5. The zero-order valence-corrected chi connectivity index (χ0v) is 15.5. The Hall–Kier alpha value is -0.560. The molecule has 0 heterocycles. The first-order chi connectivity index (χ1) is 10.8. The molecule has 0 bridgehead atoms. The minimum absolute atomic E-state index is 0.0866. The second-order valence-corrected chi connectivity index (χ2v) is 9.59. The lowest BCUT2D eigenvalue weighted by atomic mass is 9.43. The van der Waals surface area contributed by atoms with Crippen molar-refractivity contribution in [1.29, 1.82) is 0 Å². The molecule has 23 heavy (non-hydrogen) atoms. The molecule has 3 fully saturated rings. The van der Waals surface area contributed by atoms with Gasteiger partial charge in [-0.2, -0.15) is 0 Å². The molecule has 1 N–H and O–H groups in total. The average molecular weight is 315 g/mol. The highest BCUT2D eigenvalue weighted by atomic mass is 16.3. The van der Waals surface area contributed by atoms with Gasteiger partial charge in [0, 0.05) is 0 Å². The molecule has 4 aliphatic carbocycles. The predicted molar refractivity (Wildman–Crippen MR) is 96.1 cm³/mol. The van der Waals surface area contributed by atoms with E-state index in [1.807, 2.05) is 0 Å². The Labute approximate surface area is 142 Å². The summed E-state index contributed by atoms with van der Waals surface area (Å²) in [4.78, 5) is 0. The van der Waals surface area contributed by atoms with Gasteiger partial charge in [0.1, 0.15) is 0 Å². The molecule has 1 heteroatoms. The molecule has 2 unspecified atom stereocenters. The van der Waals surface area contributed by atoms with Crippen LogP contribution in [-0.2, 0) is 0 Å². The molecule has 1 nitrogen and oxygen atoms in total.